The first-order chi connectivity index (χ1) is 11.2. The van der Waals surface area contributed by atoms with Gasteiger partial charge in [0.05, 0.1) is 0 Å². The zero-order valence-corrected chi connectivity index (χ0v) is 15.3. The maximum Gasteiger partial charge on any atom is 0.0488 e. The Kier molecular flexibility index (Phi) is 4.46. The normalized spacial score (nSPS) is 23.3. The molecule has 0 unspecified atom stereocenters. The van der Waals surface area contributed by atoms with Gasteiger partial charge in [-0.25, -0.2) is 0 Å². The van der Waals surface area contributed by atoms with Gasteiger partial charge in [0, 0.05) is 59.8 Å². The minimum atomic E-state index is 0.463. The Hall–Kier alpha value is -0.880. The summed E-state index contributed by atoms with van der Waals surface area (Å²) in [6.07, 6.45) is 2.31. The van der Waals surface area contributed by atoms with E-state index in [1.54, 1.807) is 0 Å². The summed E-state index contributed by atoms with van der Waals surface area (Å²) in [4.78, 5) is 8.71. The molecule has 1 fully saturated rings. The lowest BCUT2D eigenvalue weighted by atomic mass is 9.97. The Morgan fingerprint density at radius 2 is 2.04 bits per heavy atom. The van der Waals surface area contributed by atoms with Crippen molar-refractivity contribution in [2.75, 3.05) is 46.3 Å². The van der Waals surface area contributed by atoms with Crippen LogP contribution in [0.3, 0.4) is 0 Å². The van der Waals surface area contributed by atoms with Crippen LogP contribution in [0.5, 0.6) is 0 Å². The first-order valence-corrected chi connectivity index (χ1v) is 9.44. The number of rotatable bonds is 3. The Balaban J connectivity index is 1.50. The lowest BCUT2D eigenvalue weighted by Gasteiger charge is -2.34. The predicted molar refractivity (Wildman–Crippen MR) is 99.0 cm³/mol. The van der Waals surface area contributed by atoms with E-state index in [1.807, 2.05) is 0 Å². The third-order valence-corrected chi connectivity index (χ3v) is 5.84. The number of hydrogen-bond donors (Lipinski definition) is 2. The number of aromatic amines is 1. The number of H-pyrrole nitrogens is 1. The monoisotopic (exact) mass is 376 g/mol. The first-order valence-electron chi connectivity index (χ1n) is 8.65. The van der Waals surface area contributed by atoms with Crippen LogP contribution in [0.1, 0.15) is 23.7 Å². The highest BCUT2D eigenvalue weighted by atomic mass is 79.9. The van der Waals surface area contributed by atoms with Crippen LogP contribution >= 0.6 is 15.9 Å². The molecule has 5 heteroatoms. The van der Waals surface area contributed by atoms with Gasteiger partial charge in [0.2, 0.25) is 0 Å². The highest BCUT2D eigenvalue weighted by molar-refractivity contribution is 9.10. The van der Waals surface area contributed by atoms with E-state index in [4.69, 9.17) is 0 Å². The van der Waals surface area contributed by atoms with Crippen LogP contribution in [-0.4, -0.2) is 61.1 Å². The zero-order valence-electron chi connectivity index (χ0n) is 13.7. The van der Waals surface area contributed by atoms with Gasteiger partial charge in [0.1, 0.15) is 0 Å². The summed E-state index contributed by atoms with van der Waals surface area (Å²) in [5.74, 6) is 0. The minimum Gasteiger partial charge on any atom is -0.357 e. The van der Waals surface area contributed by atoms with E-state index in [1.165, 1.54) is 61.3 Å². The molecule has 1 aromatic carbocycles. The van der Waals surface area contributed by atoms with Gasteiger partial charge in [-0.05, 0) is 44.1 Å². The quantitative estimate of drug-likeness (QED) is 0.863. The largest absolute Gasteiger partial charge is 0.357 e. The summed E-state index contributed by atoms with van der Waals surface area (Å²) in [6.45, 7) is 7.08. The summed E-state index contributed by atoms with van der Waals surface area (Å²) >= 11 is 3.58. The third-order valence-electron chi connectivity index (χ3n) is 5.35. The summed E-state index contributed by atoms with van der Waals surface area (Å²) in [7, 11) is 2.22. The van der Waals surface area contributed by atoms with Crippen LogP contribution < -0.4 is 5.32 Å². The predicted octanol–water partition coefficient (Wildman–Crippen LogP) is 2.75. The molecule has 0 spiro atoms. The SMILES string of the molecule is CN1CCN(CC[C@H]2NCCc3c2[nH]c2cc(Br)ccc32)CC1. The lowest BCUT2D eigenvalue weighted by Crippen LogP contribution is -2.45. The molecule has 124 valence electrons. The molecule has 3 heterocycles. The standard InChI is InChI=1S/C18H25BrN4/c1-22-8-10-23(11-9-22)7-5-16-18-15(4-6-20-16)14-3-2-13(19)12-17(14)21-18/h2-3,12,16,20-21H,4-11H2,1H3/t16-/m1/s1. The van der Waals surface area contributed by atoms with Crippen LogP contribution in [-0.2, 0) is 6.42 Å². The minimum absolute atomic E-state index is 0.463. The molecule has 0 saturated carbocycles. The van der Waals surface area contributed by atoms with Crippen LogP contribution in [0.25, 0.3) is 10.9 Å². The van der Waals surface area contributed by atoms with Crippen LogP contribution in [0, 0.1) is 0 Å². The van der Waals surface area contributed by atoms with Crippen molar-refractivity contribution in [3.63, 3.8) is 0 Å². The van der Waals surface area contributed by atoms with E-state index in [2.05, 4.69) is 61.3 Å². The highest BCUT2D eigenvalue weighted by Crippen LogP contribution is 2.32. The molecule has 1 atom stereocenters. The first kappa shape index (κ1) is 15.6. The number of likely N-dealkylation sites (N-methyl/N-ethyl adjacent to an activating group) is 1. The van der Waals surface area contributed by atoms with Crippen LogP contribution in [0.15, 0.2) is 22.7 Å². The Bertz CT molecular complexity index is 688. The number of halogens is 1. The van der Waals surface area contributed by atoms with Crippen molar-refractivity contribution in [3.05, 3.63) is 33.9 Å². The summed E-state index contributed by atoms with van der Waals surface area (Å²) in [6, 6.07) is 7.06. The van der Waals surface area contributed by atoms with E-state index in [-0.39, 0.29) is 0 Å². The number of hydrogen-bond acceptors (Lipinski definition) is 3. The van der Waals surface area contributed by atoms with Crippen molar-refractivity contribution in [1.82, 2.24) is 20.1 Å². The lowest BCUT2D eigenvalue weighted by molar-refractivity contribution is 0.148. The zero-order chi connectivity index (χ0) is 15.8. The number of aromatic nitrogens is 1. The van der Waals surface area contributed by atoms with Crippen molar-refractivity contribution >= 4 is 26.8 Å². The van der Waals surface area contributed by atoms with E-state index in [0.717, 1.165) is 17.4 Å². The molecule has 23 heavy (non-hydrogen) atoms. The Morgan fingerprint density at radius 1 is 1.22 bits per heavy atom. The topological polar surface area (TPSA) is 34.3 Å². The summed E-state index contributed by atoms with van der Waals surface area (Å²) < 4.78 is 1.14. The molecule has 2 aliphatic rings. The number of nitrogens with zero attached hydrogens (tertiary/aromatic N) is 2. The van der Waals surface area contributed by atoms with Crippen molar-refractivity contribution in [2.45, 2.75) is 18.9 Å². The molecule has 1 saturated heterocycles. The maximum atomic E-state index is 3.72. The molecule has 0 amide bonds. The van der Waals surface area contributed by atoms with Crippen LogP contribution in [0.4, 0.5) is 0 Å². The molecular weight excluding hydrogens is 352 g/mol. The average Bonchev–Trinajstić information content (AvgIpc) is 2.92. The van der Waals surface area contributed by atoms with Crippen molar-refractivity contribution in [1.29, 1.82) is 0 Å². The van der Waals surface area contributed by atoms with Gasteiger partial charge in [0.15, 0.2) is 0 Å². The second-order valence-electron chi connectivity index (χ2n) is 6.90. The molecule has 0 radical (unpaired) electrons. The third kappa shape index (κ3) is 3.20. The molecule has 0 aliphatic carbocycles. The molecule has 2 aliphatic heterocycles. The van der Waals surface area contributed by atoms with E-state index >= 15 is 0 Å². The highest BCUT2D eigenvalue weighted by Gasteiger charge is 2.24. The van der Waals surface area contributed by atoms with E-state index < -0.39 is 0 Å². The number of benzene rings is 1. The molecule has 2 aromatic rings. The molecule has 4 rings (SSSR count). The molecule has 4 nitrogen and oxygen atoms in total. The molecule has 2 N–H and O–H groups in total. The van der Waals surface area contributed by atoms with Gasteiger partial charge in [-0.3, -0.25) is 0 Å². The van der Waals surface area contributed by atoms with Gasteiger partial charge in [-0.15, -0.1) is 0 Å². The smallest absolute Gasteiger partial charge is 0.0488 e. The van der Waals surface area contributed by atoms with E-state index in [9.17, 15) is 0 Å². The van der Waals surface area contributed by atoms with Gasteiger partial charge in [-0.2, -0.15) is 0 Å². The summed E-state index contributed by atoms with van der Waals surface area (Å²) in [5.41, 5.74) is 4.20. The van der Waals surface area contributed by atoms with Crippen molar-refractivity contribution in [2.24, 2.45) is 0 Å². The van der Waals surface area contributed by atoms with Gasteiger partial charge >= 0.3 is 0 Å². The number of fused-ring (bicyclic) bond motifs is 3. The fraction of sp³-hybridized carbons (Fsp3) is 0.556. The number of nitrogens with one attached hydrogen (secondary N) is 2. The van der Waals surface area contributed by atoms with Crippen molar-refractivity contribution < 1.29 is 0 Å². The fourth-order valence-corrected chi connectivity index (χ4v) is 4.28. The molecule has 1 aromatic heterocycles. The maximum absolute atomic E-state index is 3.72. The van der Waals surface area contributed by atoms with Crippen molar-refractivity contribution in [3.8, 4) is 0 Å². The van der Waals surface area contributed by atoms with E-state index in [0.29, 0.717) is 6.04 Å². The Labute approximate surface area is 146 Å². The Morgan fingerprint density at radius 3 is 2.87 bits per heavy atom. The second-order valence-corrected chi connectivity index (χ2v) is 7.81. The van der Waals surface area contributed by atoms with Gasteiger partial charge in [-0.1, -0.05) is 22.0 Å². The van der Waals surface area contributed by atoms with Crippen LogP contribution in [0.2, 0.25) is 0 Å². The van der Waals surface area contributed by atoms with Gasteiger partial charge < -0.3 is 20.1 Å². The fourth-order valence-electron chi connectivity index (χ4n) is 3.92. The van der Waals surface area contributed by atoms with Gasteiger partial charge in [0.25, 0.3) is 0 Å². The number of piperazine rings is 1. The molecular formula is C18H25BrN4. The second kappa shape index (κ2) is 6.55. The molecule has 0 bridgehead atoms. The average molecular weight is 377 g/mol. The summed E-state index contributed by atoms with van der Waals surface area (Å²) in [5, 5.41) is 5.12.